The van der Waals surface area contributed by atoms with E-state index in [0.29, 0.717) is 11.2 Å². The molecule has 0 atom stereocenters. The van der Waals surface area contributed by atoms with Gasteiger partial charge in [-0.25, -0.2) is 5.01 Å². The minimum absolute atomic E-state index is 0.213. The normalized spacial score (nSPS) is 10.4. The molecule has 0 saturated heterocycles. The molecule has 1 heterocycles. The molecule has 6 heteroatoms. The molecular formula is C16H14N2O3S. The first kappa shape index (κ1) is 15.7. The predicted molar refractivity (Wildman–Crippen MR) is 85.0 cm³/mol. The highest BCUT2D eigenvalue weighted by Gasteiger charge is 2.15. The van der Waals surface area contributed by atoms with Crippen LogP contribution in [0.3, 0.4) is 0 Å². The summed E-state index contributed by atoms with van der Waals surface area (Å²) in [6.07, 6.45) is 3.49. The second-order valence-corrected chi connectivity index (χ2v) is 5.23. The molecule has 1 aromatic carbocycles. The van der Waals surface area contributed by atoms with Crippen LogP contribution in [0.5, 0.6) is 0 Å². The van der Waals surface area contributed by atoms with Crippen LogP contribution in [0, 0.1) is 0 Å². The Morgan fingerprint density at radius 1 is 1.14 bits per heavy atom. The van der Waals surface area contributed by atoms with Crippen molar-refractivity contribution in [3.63, 3.8) is 0 Å². The second-order valence-electron chi connectivity index (χ2n) is 4.28. The van der Waals surface area contributed by atoms with Gasteiger partial charge in [-0.2, -0.15) is 0 Å². The first-order valence-electron chi connectivity index (χ1n) is 6.53. The van der Waals surface area contributed by atoms with Gasteiger partial charge in [0.15, 0.2) is 0 Å². The highest BCUT2D eigenvalue weighted by Crippen LogP contribution is 2.08. The van der Waals surface area contributed by atoms with E-state index >= 15 is 0 Å². The van der Waals surface area contributed by atoms with Crippen molar-refractivity contribution in [1.82, 2.24) is 10.4 Å². The van der Waals surface area contributed by atoms with E-state index in [9.17, 15) is 14.4 Å². The molecule has 2 amide bonds. The minimum atomic E-state index is -0.471. The summed E-state index contributed by atoms with van der Waals surface area (Å²) < 4.78 is 0. The number of aldehydes is 1. The number of carbonyl (C=O) groups is 3. The number of hydrazine groups is 1. The highest BCUT2D eigenvalue weighted by atomic mass is 32.1. The molecule has 0 bridgehead atoms. The zero-order valence-corrected chi connectivity index (χ0v) is 12.5. The van der Waals surface area contributed by atoms with E-state index in [1.54, 1.807) is 23.6 Å². The molecule has 0 aliphatic rings. The van der Waals surface area contributed by atoms with Gasteiger partial charge in [-0.15, -0.1) is 11.3 Å². The fraction of sp³-hybridized carbons (Fsp3) is 0.0625. The number of nitrogens with zero attached hydrogens (tertiary/aromatic N) is 1. The van der Waals surface area contributed by atoms with E-state index < -0.39 is 11.8 Å². The van der Waals surface area contributed by atoms with Crippen molar-refractivity contribution in [2.75, 3.05) is 6.54 Å². The molecular weight excluding hydrogens is 300 g/mol. The number of carbonyl (C=O) groups excluding carboxylic acids is 3. The average Bonchev–Trinajstić information content (AvgIpc) is 3.07. The van der Waals surface area contributed by atoms with Gasteiger partial charge in [0.25, 0.3) is 11.8 Å². The SMILES string of the molecule is O=CCN(NC(=O)c1cccs1)C(=O)/C=C/c1ccccc1. The summed E-state index contributed by atoms with van der Waals surface area (Å²) in [5.41, 5.74) is 3.28. The summed E-state index contributed by atoms with van der Waals surface area (Å²) in [5.74, 6) is -0.890. The maximum atomic E-state index is 12.1. The molecule has 22 heavy (non-hydrogen) atoms. The lowest BCUT2D eigenvalue weighted by Crippen LogP contribution is -2.46. The topological polar surface area (TPSA) is 66.5 Å². The van der Waals surface area contributed by atoms with Crippen LogP contribution in [0.25, 0.3) is 6.08 Å². The molecule has 0 aliphatic carbocycles. The smallest absolute Gasteiger partial charge is 0.279 e. The summed E-state index contributed by atoms with van der Waals surface area (Å²) in [4.78, 5) is 35.2. The van der Waals surface area contributed by atoms with Crippen LogP contribution in [0.4, 0.5) is 0 Å². The Morgan fingerprint density at radius 2 is 1.91 bits per heavy atom. The lowest BCUT2D eigenvalue weighted by atomic mass is 10.2. The Balaban J connectivity index is 2.03. The predicted octanol–water partition coefficient (Wildman–Crippen LogP) is 2.13. The van der Waals surface area contributed by atoms with Crippen molar-refractivity contribution in [2.24, 2.45) is 0 Å². The summed E-state index contributed by atoms with van der Waals surface area (Å²) in [5, 5.41) is 2.74. The number of hydrogen-bond donors (Lipinski definition) is 1. The molecule has 1 N–H and O–H groups in total. The van der Waals surface area contributed by atoms with Crippen molar-refractivity contribution >= 4 is 35.5 Å². The molecule has 0 spiro atoms. The second kappa shape index (κ2) is 7.90. The van der Waals surface area contributed by atoms with Crippen molar-refractivity contribution in [3.05, 3.63) is 64.4 Å². The highest BCUT2D eigenvalue weighted by molar-refractivity contribution is 7.12. The van der Waals surface area contributed by atoms with Crippen LogP contribution < -0.4 is 5.43 Å². The first-order chi connectivity index (χ1) is 10.7. The zero-order chi connectivity index (χ0) is 15.8. The quantitative estimate of drug-likeness (QED) is 0.522. The number of thiophene rings is 1. The van der Waals surface area contributed by atoms with E-state index in [-0.39, 0.29) is 6.54 Å². The molecule has 5 nitrogen and oxygen atoms in total. The Labute approximate surface area is 131 Å². The molecule has 0 aliphatic heterocycles. The monoisotopic (exact) mass is 314 g/mol. The van der Waals surface area contributed by atoms with Gasteiger partial charge in [0, 0.05) is 6.08 Å². The Kier molecular flexibility index (Phi) is 5.62. The van der Waals surface area contributed by atoms with Crippen molar-refractivity contribution in [3.8, 4) is 0 Å². The minimum Gasteiger partial charge on any atom is -0.301 e. The number of amides is 2. The molecule has 0 radical (unpaired) electrons. The lowest BCUT2D eigenvalue weighted by Gasteiger charge is -2.18. The van der Waals surface area contributed by atoms with E-state index in [0.717, 1.165) is 10.6 Å². The maximum Gasteiger partial charge on any atom is 0.279 e. The fourth-order valence-corrected chi connectivity index (χ4v) is 2.29. The van der Waals surface area contributed by atoms with Gasteiger partial charge in [-0.3, -0.25) is 15.0 Å². The van der Waals surface area contributed by atoms with Crippen molar-refractivity contribution < 1.29 is 14.4 Å². The summed E-state index contributed by atoms with van der Waals surface area (Å²) >= 11 is 1.26. The van der Waals surface area contributed by atoms with Gasteiger partial charge in [0.05, 0.1) is 11.4 Å². The maximum absolute atomic E-state index is 12.1. The standard InChI is InChI=1S/C16H14N2O3S/c19-11-10-18(17-16(21)14-7-4-12-22-14)15(20)9-8-13-5-2-1-3-6-13/h1-9,11-12H,10H2,(H,17,21)/b9-8+. The number of hydrogen-bond acceptors (Lipinski definition) is 4. The molecule has 0 fully saturated rings. The Bertz CT molecular complexity index is 666. The van der Waals surface area contributed by atoms with Gasteiger partial charge in [-0.1, -0.05) is 36.4 Å². The van der Waals surface area contributed by atoms with Gasteiger partial charge >= 0.3 is 0 Å². The van der Waals surface area contributed by atoms with Crippen LogP contribution in [0.2, 0.25) is 0 Å². The number of rotatable bonds is 5. The Morgan fingerprint density at radius 3 is 2.55 bits per heavy atom. The van der Waals surface area contributed by atoms with E-state index in [4.69, 9.17) is 0 Å². The van der Waals surface area contributed by atoms with Gasteiger partial charge in [0.1, 0.15) is 6.29 Å². The van der Waals surface area contributed by atoms with Crippen LogP contribution in [0.15, 0.2) is 53.9 Å². The molecule has 1 aromatic heterocycles. The third-order valence-corrected chi connectivity index (χ3v) is 3.59. The van der Waals surface area contributed by atoms with Crippen molar-refractivity contribution in [1.29, 1.82) is 0 Å². The third kappa shape index (κ3) is 4.39. The molecule has 2 rings (SSSR count). The number of nitrogens with one attached hydrogen (secondary N) is 1. The van der Waals surface area contributed by atoms with Gasteiger partial charge in [-0.05, 0) is 23.1 Å². The number of benzene rings is 1. The summed E-state index contributed by atoms with van der Waals surface area (Å²) in [6.45, 7) is -0.213. The van der Waals surface area contributed by atoms with Crippen LogP contribution in [-0.2, 0) is 9.59 Å². The third-order valence-electron chi connectivity index (χ3n) is 2.72. The first-order valence-corrected chi connectivity index (χ1v) is 7.41. The lowest BCUT2D eigenvalue weighted by molar-refractivity contribution is -0.130. The molecule has 112 valence electrons. The Hall–Kier alpha value is -2.73. The average molecular weight is 314 g/mol. The largest absolute Gasteiger partial charge is 0.301 e. The zero-order valence-electron chi connectivity index (χ0n) is 11.6. The molecule has 0 unspecified atom stereocenters. The summed E-state index contributed by atoms with van der Waals surface area (Å²) in [6, 6.07) is 12.7. The van der Waals surface area contributed by atoms with Gasteiger partial charge in [0.2, 0.25) is 0 Å². The van der Waals surface area contributed by atoms with E-state index in [2.05, 4.69) is 5.43 Å². The van der Waals surface area contributed by atoms with E-state index in [1.807, 2.05) is 30.3 Å². The van der Waals surface area contributed by atoms with Crippen molar-refractivity contribution in [2.45, 2.75) is 0 Å². The molecule has 0 saturated carbocycles. The van der Waals surface area contributed by atoms with Crippen LogP contribution in [-0.4, -0.2) is 29.7 Å². The van der Waals surface area contributed by atoms with Crippen LogP contribution in [0.1, 0.15) is 15.2 Å². The van der Waals surface area contributed by atoms with Gasteiger partial charge < -0.3 is 4.79 Å². The summed E-state index contributed by atoms with van der Waals surface area (Å²) in [7, 11) is 0. The van der Waals surface area contributed by atoms with Crippen LogP contribution >= 0.6 is 11.3 Å². The van der Waals surface area contributed by atoms with E-state index in [1.165, 1.54) is 17.4 Å². The molecule has 2 aromatic rings. The fourth-order valence-electron chi connectivity index (χ4n) is 1.67.